The van der Waals surface area contributed by atoms with Gasteiger partial charge < -0.3 is 16.0 Å². The summed E-state index contributed by atoms with van der Waals surface area (Å²) in [5.41, 5.74) is 13.5. The highest BCUT2D eigenvalue weighted by Gasteiger charge is 2.40. The number of fused-ring (bicyclic) bond motifs is 2. The van der Waals surface area contributed by atoms with Crippen molar-refractivity contribution < 1.29 is 0 Å². The summed E-state index contributed by atoms with van der Waals surface area (Å²) in [5, 5.41) is 3.58. The Kier molecular flexibility index (Phi) is 5.76. The summed E-state index contributed by atoms with van der Waals surface area (Å²) in [5.74, 6) is 0. The molecule has 1 saturated carbocycles. The van der Waals surface area contributed by atoms with Gasteiger partial charge in [-0.15, -0.1) is 0 Å². The molecule has 3 unspecified atom stereocenters. The summed E-state index contributed by atoms with van der Waals surface area (Å²) in [7, 11) is 0. The first-order valence-corrected chi connectivity index (χ1v) is 12.3. The number of hydrogen-bond acceptors (Lipinski definition) is 5. The second-order valence-electron chi connectivity index (χ2n) is 9.34. The van der Waals surface area contributed by atoms with E-state index in [1.54, 1.807) is 0 Å². The Hall–Kier alpha value is -3.96. The number of para-hydroxylation sites is 3. The largest absolute Gasteiger partial charge is 0.354 e. The number of hydrogen-bond donors (Lipinski definition) is 2. The lowest BCUT2D eigenvalue weighted by atomic mass is 9.83. The van der Waals surface area contributed by atoms with Crippen LogP contribution in [0, 0.1) is 0 Å². The molecule has 174 valence electrons. The number of nitrogens with one attached hydrogen (secondary N) is 1. The zero-order chi connectivity index (χ0) is 23.6. The van der Waals surface area contributed by atoms with Gasteiger partial charge in [0.25, 0.3) is 0 Å². The Morgan fingerprint density at radius 2 is 1.51 bits per heavy atom. The van der Waals surface area contributed by atoms with Gasteiger partial charge >= 0.3 is 0 Å². The van der Waals surface area contributed by atoms with Crippen molar-refractivity contribution in [1.82, 2.24) is 0 Å². The topological polar surface area (TPSA) is 66.0 Å². The molecule has 6 rings (SSSR count). The first-order chi connectivity index (χ1) is 17.2. The lowest BCUT2D eigenvalue weighted by molar-refractivity contribution is 0.337. The molecular weight excluding hydrogens is 430 g/mol. The van der Waals surface area contributed by atoms with Crippen LogP contribution in [-0.2, 0) is 0 Å². The van der Waals surface area contributed by atoms with Crippen LogP contribution in [0.4, 0.5) is 17.1 Å². The van der Waals surface area contributed by atoms with E-state index in [9.17, 15) is 0 Å². The van der Waals surface area contributed by atoms with Crippen LogP contribution in [0.25, 0.3) is 0 Å². The molecule has 0 bridgehead atoms. The number of rotatable bonds is 4. The predicted octanol–water partition coefficient (Wildman–Crippen LogP) is 5.86. The van der Waals surface area contributed by atoms with Crippen LogP contribution in [0.2, 0.25) is 0 Å². The number of allylic oxidation sites excluding steroid dienone is 2. The van der Waals surface area contributed by atoms with E-state index < -0.39 is 0 Å². The molecule has 1 aliphatic heterocycles. The zero-order valence-corrected chi connectivity index (χ0v) is 19.6. The summed E-state index contributed by atoms with van der Waals surface area (Å²) in [6, 6.07) is 31.6. The number of benzene rings is 3. The molecule has 1 heterocycles. The molecule has 3 atom stereocenters. The van der Waals surface area contributed by atoms with Crippen LogP contribution in [-0.4, -0.2) is 29.5 Å². The van der Waals surface area contributed by atoms with E-state index in [1.807, 2.05) is 48.5 Å². The maximum Gasteiger partial charge on any atom is 0.0894 e. The van der Waals surface area contributed by atoms with Crippen LogP contribution in [0.1, 0.15) is 19.3 Å². The monoisotopic (exact) mass is 459 g/mol. The van der Waals surface area contributed by atoms with Crippen molar-refractivity contribution in [2.24, 2.45) is 15.7 Å². The van der Waals surface area contributed by atoms with Gasteiger partial charge in [0.05, 0.1) is 40.6 Å². The molecule has 3 aromatic rings. The Morgan fingerprint density at radius 1 is 0.829 bits per heavy atom. The van der Waals surface area contributed by atoms with Gasteiger partial charge in [0.2, 0.25) is 0 Å². The van der Waals surface area contributed by atoms with Gasteiger partial charge in [0.15, 0.2) is 0 Å². The fourth-order valence-corrected chi connectivity index (χ4v) is 5.24. The molecule has 3 N–H and O–H groups in total. The van der Waals surface area contributed by atoms with Crippen LogP contribution < -0.4 is 16.0 Å². The summed E-state index contributed by atoms with van der Waals surface area (Å²) < 4.78 is 0. The van der Waals surface area contributed by atoms with E-state index >= 15 is 0 Å². The van der Waals surface area contributed by atoms with Crippen molar-refractivity contribution in [3.8, 4) is 0 Å². The van der Waals surface area contributed by atoms with E-state index in [0.717, 1.165) is 53.5 Å². The number of nitrogens with two attached hydrogens (primary N) is 1. The molecule has 1 fully saturated rings. The molecule has 3 aliphatic rings. The van der Waals surface area contributed by atoms with Gasteiger partial charge in [-0.25, -0.2) is 4.99 Å². The van der Waals surface area contributed by atoms with Crippen LogP contribution >= 0.6 is 0 Å². The van der Waals surface area contributed by atoms with Crippen molar-refractivity contribution >= 4 is 28.5 Å². The highest BCUT2D eigenvalue weighted by molar-refractivity contribution is 6.26. The summed E-state index contributed by atoms with van der Waals surface area (Å²) in [6.45, 7) is 0. The lowest BCUT2D eigenvalue weighted by Crippen LogP contribution is -2.54. The lowest BCUT2D eigenvalue weighted by Gasteiger charge is -2.46. The number of nitrogens with zero attached hydrogens (tertiary/aromatic N) is 3. The fraction of sp³-hybridized carbons (Fsp3) is 0.200. The average molecular weight is 460 g/mol. The maximum atomic E-state index is 6.45. The molecule has 35 heavy (non-hydrogen) atoms. The third-order valence-electron chi connectivity index (χ3n) is 6.90. The minimum Gasteiger partial charge on any atom is -0.354 e. The average Bonchev–Trinajstić information content (AvgIpc) is 2.90. The zero-order valence-electron chi connectivity index (χ0n) is 19.6. The Labute approximate surface area is 206 Å². The molecule has 0 amide bonds. The van der Waals surface area contributed by atoms with Crippen molar-refractivity contribution in [3.05, 3.63) is 115 Å². The Balaban J connectivity index is 1.49. The highest BCUT2D eigenvalue weighted by atomic mass is 15.2. The van der Waals surface area contributed by atoms with E-state index in [-0.39, 0.29) is 18.1 Å². The van der Waals surface area contributed by atoms with Crippen molar-refractivity contribution in [3.63, 3.8) is 0 Å². The molecule has 5 nitrogen and oxygen atoms in total. The maximum absolute atomic E-state index is 6.45. The quantitative estimate of drug-likeness (QED) is 0.480. The SMILES string of the molecule is NC1CCC2N=C3C=C(Nc4ccccc4)C(=Nc4ccccc4)C=C3N(c3ccccc3)C2C1. The summed E-state index contributed by atoms with van der Waals surface area (Å²) >= 11 is 0. The minimum absolute atomic E-state index is 0.201. The number of aliphatic imine (C=N–C) groups is 2. The van der Waals surface area contributed by atoms with Gasteiger partial charge in [-0.2, -0.15) is 0 Å². The van der Waals surface area contributed by atoms with Gasteiger partial charge in [-0.05, 0) is 67.8 Å². The molecule has 0 radical (unpaired) electrons. The van der Waals surface area contributed by atoms with E-state index in [4.69, 9.17) is 15.7 Å². The van der Waals surface area contributed by atoms with Crippen LogP contribution in [0.3, 0.4) is 0 Å². The van der Waals surface area contributed by atoms with Crippen LogP contribution in [0.15, 0.2) is 125 Å². The smallest absolute Gasteiger partial charge is 0.0894 e. The highest BCUT2D eigenvalue weighted by Crippen LogP contribution is 2.38. The minimum atomic E-state index is 0.201. The van der Waals surface area contributed by atoms with Crippen molar-refractivity contribution in [1.29, 1.82) is 0 Å². The summed E-state index contributed by atoms with van der Waals surface area (Å²) in [4.78, 5) is 12.7. The van der Waals surface area contributed by atoms with Gasteiger partial charge in [-0.3, -0.25) is 4.99 Å². The molecule has 0 spiro atoms. The third kappa shape index (κ3) is 4.43. The second kappa shape index (κ2) is 9.35. The standard InChI is InChI=1S/C30H29N5/c31-21-16-17-25-29(18-21)35(24-14-8-3-9-15-24)30-20-27(33-23-12-6-2-7-13-23)26(19-28(30)34-25)32-22-10-4-1-5-11-22/h1-15,19-21,25,29,32H,16-18,31H2. The molecule has 0 saturated heterocycles. The first-order valence-electron chi connectivity index (χ1n) is 12.3. The van der Waals surface area contributed by atoms with Crippen molar-refractivity contribution in [2.45, 2.75) is 37.4 Å². The van der Waals surface area contributed by atoms with Crippen molar-refractivity contribution in [2.75, 3.05) is 10.2 Å². The first kappa shape index (κ1) is 21.6. The normalized spacial score (nSPS) is 24.6. The third-order valence-corrected chi connectivity index (χ3v) is 6.90. The number of anilines is 2. The predicted molar refractivity (Wildman–Crippen MR) is 146 cm³/mol. The van der Waals surface area contributed by atoms with E-state index in [2.05, 4.69) is 64.8 Å². The van der Waals surface area contributed by atoms with Gasteiger partial charge in [0.1, 0.15) is 0 Å². The van der Waals surface area contributed by atoms with E-state index in [1.165, 1.54) is 5.69 Å². The molecule has 2 aliphatic carbocycles. The Morgan fingerprint density at radius 3 is 2.26 bits per heavy atom. The Bertz CT molecular complexity index is 1310. The van der Waals surface area contributed by atoms with Crippen LogP contribution in [0.5, 0.6) is 0 Å². The molecule has 0 aromatic heterocycles. The second-order valence-corrected chi connectivity index (χ2v) is 9.34. The van der Waals surface area contributed by atoms with Gasteiger partial charge in [0, 0.05) is 17.4 Å². The summed E-state index contributed by atoms with van der Waals surface area (Å²) in [6.07, 6.45) is 7.29. The molecule has 3 aromatic carbocycles. The molecule has 5 heteroatoms. The van der Waals surface area contributed by atoms with Gasteiger partial charge in [-0.1, -0.05) is 54.6 Å². The van der Waals surface area contributed by atoms with E-state index in [0.29, 0.717) is 0 Å². The molecular formula is C30H29N5. The fourth-order valence-electron chi connectivity index (χ4n) is 5.24.